The van der Waals surface area contributed by atoms with Crippen molar-refractivity contribution in [3.05, 3.63) is 71.8 Å². The first-order chi connectivity index (χ1) is 9.09. The van der Waals surface area contributed by atoms with Gasteiger partial charge in [0.2, 0.25) is 0 Å². The maximum atomic E-state index is 11.7. The average Bonchev–Trinajstić information content (AvgIpc) is 2.47. The molecule has 0 atom stereocenters. The zero-order valence-corrected chi connectivity index (χ0v) is 9.98. The molecule has 2 aromatic rings. The number of carbonyl (C=O) groups excluding carboxylic acids is 1. The molecule has 0 heterocycles. The van der Waals surface area contributed by atoms with Crippen LogP contribution in [-0.4, -0.2) is 16.1 Å². The highest BCUT2D eigenvalue weighted by atomic mass is 16.8. The number of rotatable bonds is 4. The van der Waals surface area contributed by atoms with Gasteiger partial charge < -0.3 is 10.2 Å². The number of hydrogen-bond acceptors (Lipinski definition) is 4. The predicted octanol–water partition coefficient (Wildman–Crippen LogP) is 1.14. The van der Waals surface area contributed by atoms with E-state index in [1.807, 2.05) is 5.48 Å². The fourth-order valence-corrected chi connectivity index (χ4v) is 1.48. The molecule has 0 aromatic heterocycles. The van der Waals surface area contributed by atoms with Crippen molar-refractivity contribution in [2.24, 2.45) is 0 Å². The monoisotopic (exact) mass is 259 g/mol. The van der Waals surface area contributed by atoms with E-state index in [1.165, 1.54) is 12.1 Å². The van der Waals surface area contributed by atoms with Gasteiger partial charge in [-0.1, -0.05) is 48.5 Å². The van der Waals surface area contributed by atoms with E-state index >= 15 is 0 Å². The van der Waals surface area contributed by atoms with Crippen LogP contribution in [0.3, 0.4) is 0 Å². The quantitative estimate of drug-likeness (QED) is 0.568. The molecule has 1 amide bonds. The van der Waals surface area contributed by atoms with E-state index in [1.54, 1.807) is 48.5 Å². The van der Waals surface area contributed by atoms with E-state index in [9.17, 15) is 15.0 Å². The van der Waals surface area contributed by atoms with Crippen molar-refractivity contribution >= 4 is 5.91 Å². The van der Waals surface area contributed by atoms with Gasteiger partial charge in [-0.3, -0.25) is 4.79 Å². The van der Waals surface area contributed by atoms with Gasteiger partial charge in [-0.25, -0.2) is 10.3 Å². The zero-order valence-electron chi connectivity index (χ0n) is 9.98. The van der Waals surface area contributed by atoms with E-state index in [4.69, 9.17) is 0 Å². The molecule has 0 spiro atoms. The number of benzene rings is 2. The zero-order chi connectivity index (χ0) is 13.7. The molecule has 0 aliphatic carbocycles. The molecule has 5 heteroatoms. The van der Waals surface area contributed by atoms with Gasteiger partial charge in [-0.15, -0.1) is 0 Å². The molecule has 0 saturated carbocycles. The predicted molar refractivity (Wildman–Crippen MR) is 67.6 cm³/mol. The number of hydrogen-bond donors (Lipinski definition) is 3. The summed E-state index contributed by atoms with van der Waals surface area (Å²) in [7, 11) is 0. The molecule has 0 aliphatic rings. The van der Waals surface area contributed by atoms with Crippen LogP contribution in [0, 0.1) is 0 Å². The Morgan fingerprint density at radius 2 is 1.47 bits per heavy atom. The molecule has 2 aromatic carbocycles. The topological polar surface area (TPSA) is 78.8 Å². The van der Waals surface area contributed by atoms with Crippen LogP contribution >= 0.6 is 0 Å². The lowest BCUT2D eigenvalue weighted by atomic mass is 10.2. The summed E-state index contributed by atoms with van der Waals surface area (Å²) in [6, 6.07) is 16.2. The molecule has 0 saturated heterocycles. The second kappa shape index (κ2) is 5.62. The number of hydroxylamine groups is 1. The average molecular weight is 259 g/mol. The Balaban J connectivity index is 2.01. The van der Waals surface area contributed by atoms with Crippen LogP contribution in [0.4, 0.5) is 0 Å². The summed E-state index contributed by atoms with van der Waals surface area (Å²) < 4.78 is 0. The summed E-state index contributed by atoms with van der Waals surface area (Å²) in [4.78, 5) is 16.3. The lowest BCUT2D eigenvalue weighted by molar-refractivity contribution is -0.367. The molecule has 0 bridgehead atoms. The minimum absolute atomic E-state index is 0.114. The molecule has 0 unspecified atom stereocenters. The second-order valence-corrected chi connectivity index (χ2v) is 3.87. The standard InChI is InChI=1S/C14H13NO4/c16-13(11-7-3-1-4-8-11)15-19-14(17,18)12-9-5-2-6-10-12/h1-10,17-18H,(H,15,16). The summed E-state index contributed by atoms with van der Waals surface area (Å²) >= 11 is 0. The maximum absolute atomic E-state index is 11.7. The van der Waals surface area contributed by atoms with Crippen molar-refractivity contribution in [2.75, 3.05) is 0 Å². The third kappa shape index (κ3) is 3.38. The smallest absolute Gasteiger partial charge is 0.328 e. The lowest BCUT2D eigenvalue weighted by Crippen LogP contribution is -2.38. The van der Waals surface area contributed by atoms with Crippen LogP contribution in [0.5, 0.6) is 0 Å². The molecule has 3 N–H and O–H groups in total. The van der Waals surface area contributed by atoms with Gasteiger partial charge in [-0.2, -0.15) is 0 Å². The maximum Gasteiger partial charge on any atom is 0.328 e. The molecule has 5 nitrogen and oxygen atoms in total. The molecule has 19 heavy (non-hydrogen) atoms. The highest BCUT2D eigenvalue weighted by Gasteiger charge is 2.28. The summed E-state index contributed by atoms with van der Waals surface area (Å²) in [5.41, 5.74) is 2.47. The summed E-state index contributed by atoms with van der Waals surface area (Å²) in [6.45, 7) is 0. The molecule has 0 fully saturated rings. The van der Waals surface area contributed by atoms with Crippen LogP contribution in [0.1, 0.15) is 15.9 Å². The Morgan fingerprint density at radius 3 is 2.05 bits per heavy atom. The normalized spacial score (nSPS) is 11.1. The first-order valence-corrected chi connectivity index (χ1v) is 5.63. The fourth-order valence-electron chi connectivity index (χ4n) is 1.48. The Hall–Kier alpha value is -2.21. The second-order valence-electron chi connectivity index (χ2n) is 3.87. The molecular formula is C14H13NO4. The minimum atomic E-state index is -2.58. The van der Waals surface area contributed by atoms with E-state index in [0.717, 1.165) is 0 Å². The first kappa shape index (κ1) is 13.2. The number of aliphatic hydroxyl groups is 2. The first-order valence-electron chi connectivity index (χ1n) is 5.63. The van der Waals surface area contributed by atoms with Crippen LogP contribution in [-0.2, 0) is 10.8 Å². The van der Waals surface area contributed by atoms with Gasteiger partial charge in [0.05, 0.1) is 0 Å². The Morgan fingerprint density at radius 1 is 0.947 bits per heavy atom. The van der Waals surface area contributed by atoms with E-state index in [-0.39, 0.29) is 5.56 Å². The molecule has 0 radical (unpaired) electrons. The molecular weight excluding hydrogens is 246 g/mol. The van der Waals surface area contributed by atoms with Crippen LogP contribution in [0.2, 0.25) is 0 Å². The summed E-state index contributed by atoms with van der Waals surface area (Å²) in [5, 5.41) is 19.4. The van der Waals surface area contributed by atoms with Crippen LogP contribution < -0.4 is 5.48 Å². The van der Waals surface area contributed by atoms with Gasteiger partial charge >= 0.3 is 5.97 Å². The van der Waals surface area contributed by atoms with Crippen molar-refractivity contribution in [3.63, 3.8) is 0 Å². The van der Waals surface area contributed by atoms with Crippen molar-refractivity contribution in [3.8, 4) is 0 Å². The van der Waals surface area contributed by atoms with Gasteiger partial charge in [-0.05, 0) is 12.1 Å². The third-order valence-electron chi connectivity index (χ3n) is 2.47. The number of nitrogens with one attached hydrogen (secondary N) is 1. The van der Waals surface area contributed by atoms with Crippen molar-refractivity contribution < 1.29 is 19.8 Å². The number of amides is 1. The molecule has 0 aliphatic heterocycles. The third-order valence-corrected chi connectivity index (χ3v) is 2.47. The number of carbonyl (C=O) groups is 1. The van der Waals surface area contributed by atoms with Crippen molar-refractivity contribution in [1.82, 2.24) is 5.48 Å². The van der Waals surface area contributed by atoms with Gasteiger partial charge in [0.1, 0.15) is 0 Å². The largest absolute Gasteiger partial charge is 0.338 e. The van der Waals surface area contributed by atoms with Gasteiger partial charge in [0.25, 0.3) is 5.91 Å². The highest BCUT2D eigenvalue weighted by Crippen LogP contribution is 2.17. The Bertz CT molecular complexity index is 540. The van der Waals surface area contributed by atoms with Crippen LogP contribution in [0.25, 0.3) is 0 Å². The molecule has 98 valence electrons. The van der Waals surface area contributed by atoms with Gasteiger partial charge in [0.15, 0.2) is 0 Å². The lowest BCUT2D eigenvalue weighted by Gasteiger charge is -2.21. The van der Waals surface area contributed by atoms with Gasteiger partial charge in [0, 0.05) is 11.1 Å². The van der Waals surface area contributed by atoms with Crippen LogP contribution in [0.15, 0.2) is 60.7 Å². The Kier molecular flexibility index (Phi) is 3.91. The van der Waals surface area contributed by atoms with E-state index in [2.05, 4.69) is 4.84 Å². The van der Waals surface area contributed by atoms with E-state index in [0.29, 0.717) is 5.56 Å². The fraction of sp³-hybridized carbons (Fsp3) is 0.0714. The van der Waals surface area contributed by atoms with Crippen molar-refractivity contribution in [2.45, 2.75) is 5.97 Å². The van der Waals surface area contributed by atoms with Crippen molar-refractivity contribution in [1.29, 1.82) is 0 Å². The SMILES string of the molecule is O=C(NOC(O)(O)c1ccccc1)c1ccccc1. The summed E-state index contributed by atoms with van der Waals surface area (Å²) in [5.74, 6) is -3.14. The minimum Gasteiger partial charge on any atom is -0.338 e. The highest BCUT2D eigenvalue weighted by molar-refractivity contribution is 5.93. The van der Waals surface area contributed by atoms with E-state index < -0.39 is 11.9 Å². The molecule has 2 rings (SSSR count). The summed E-state index contributed by atoms with van der Waals surface area (Å²) in [6.07, 6.45) is 0. The Labute approximate surface area is 110 Å².